The maximum Gasteiger partial charge on any atom is 0.321 e. The maximum atomic E-state index is 12.4. The molecule has 2 atom stereocenters. The summed E-state index contributed by atoms with van der Waals surface area (Å²) in [6.45, 7) is 3.36. The monoisotopic (exact) mass is 360 g/mol. The Balaban J connectivity index is 1.83. The molecule has 0 aliphatic heterocycles. The lowest BCUT2D eigenvalue weighted by atomic mass is 9.96. The molecule has 0 bridgehead atoms. The van der Waals surface area contributed by atoms with Gasteiger partial charge >= 0.3 is 12.0 Å². The molecule has 2 N–H and O–H groups in total. The first-order valence-electron chi connectivity index (χ1n) is 9.38. The number of ether oxygens (including phenoxy) is 1. The largest absolute Gasteiger partial charge is 0.452 e. The van der Waals surface area contributed by atoms with Crippen LogP contribution in [0.3, 0.4) is 0 Å². The van der Waals surface area contributed by atoms with E-state index in [1.807, 2.05) is 37.3 Å². The minimum atomic E-state index is -1.03. The molecule has 6 nitrogen and oxygen atoms in total. The van der Waals surface area contributed by atoms with Gasteiger partial charge in [-0.1, -0.05) is 56.5 Å². The number of carbonyl (C=O) groups excluding carboxylic acids is 3. The van der Waals surface area contributed by atoms with Crippen molar-refractivity contribution < 1.29 is 19.1 Å². The van der Waals surface area contributed by atoms with Gasteiger partial charge in [0.2, 0.25) is 0 Å². The van der Waals surface area contributed by atoms with Crippen LogP contribution >= 0.6 is 0 Å². The Kier molecular flexibility index (Phi) is 7.63. The van der Waals surface area contributed by atoms with Crippen molar-refractivity contribution in [3.8, 4) is 0 Å². The van der Waals surface area contributed by atoms with Crippen LogP contribution in [0.2, 0.25) is 0 Å². The molecule has 0 spiro atoms. The van der Waals surface area contributed by atoms with Crippen LogP contribution in [0, 0.1) is 0 Å². The summed E-state index contributed by atoms with van der Waals surface area (Å²) in [5.74, 6) is -1.51. The van der Waals surface area contributed by atoms with Gasteiger partial charge in [0.1, 0.15) is 0 Å². The molecule has 0 radical (unpaired) electrons. The fraction of sp³-hybridized carbons (Fsp3) is 0.550. The van der Waals surface area contributed by atoms with E-state index >= 15 is 0 Å². The van der Waals surface area contributed by atoms with Crippen molar-refractivity contribution >= 4 is 17.9 Å². The van der Waals surface area contributed by atoms with Crippen molar-refractivity contribution in [3.63, 3.8) is 0 Å². The van der Waals surface area contributed by atoms with Gasteiger partial charge in [-0.15, -0.1) is 0 Å². The predicted octanol–water partition coefficient (Wildman–Crippen LogP) is 3.27. The van der Waals surface area contributed by atoms with Crippen LogP contribution in [0.25, 0.3) is 0 Å². The van der Waals surface area contributed by atoms with Gasteiger partial charge in [-0.3, -0.25) is 14.9 Å². The number of imide groups is 1. The second-order valence-electron chi connectivity index (χ2n) is 6.75. The number of hydrogen-bond donors (Lipinski definition) is 2. The van der Waals surface area contributed by atoms with Gasteiger partial charge in [0, 0.05) is 6.04 Å². The maximum absolute atomic E-state index is 12.4. The zero-order chi connectivity index (χ0) is 18.9. The van der Waals surface area contributed by atoms with E-state index in [-0.39, 0.29) is 6.04 Å². The lowest BCUT2D eigenvalue weighted by Crippen LogP contribution is -2.48. The molecule has 1 aliphatic rings. The molecule has 1 fully saturated rings. The van der Waals surface area contributed by atoms with Gasteiger partial charge in [-0.2, -0.15) is 0 Å². The van der Waals surface area contributed by atoms with E-state index in [2.05, 4.69) is 10.6 Å². The predicted molar refractivity (Wildman–Crippen MR) is 98.6 cm³/mol. The standard InChI is InChI=1S/C20H28N2O4/c1-3-17(15-10-6-4-7-11-15)19(24)26-14(2)18(23)22-20(25)21-16-12-8-5-9-13-16/h4,6-7,10-11,14,16-17H,3,5,8-9,12-13H2,1-2H3,(H2,21,22,23,25)/t14-,17-/m0/s1. The Morgan fingerprint density at radius 2 is 1.77 bits per heavy atom. The summed E-state index contributed by atoms with van der Waals surface area (Å²) in [5, 5.41) is 5.07. The highest BCUT2D eigenvalue weighted by molar-refractivity contribution is 5.97. The zero-order valence-electron chi connectivity index (χ0n) is 15.5. The van der Waals surface area contributed by atoms with Gasteiger partial charge < -0.3 is 10.1 Å². The highest BCUT2D eigenvalue weighted by atomic mass is 16.5. The summed E-state index contributed by atoms with van der Waals surface area (Å²) >= 11 is 0. The lowest BCUT2D eigenvalue weighted by Gasteiger charge is -2.23. The average molecular weight is 360 g/mol. The number of nitrogens with one attached hydrogen (secondary N) is 2. The Morgan fingerprint density at radius 1 is 1.12 bits per heavy atom. The second-order valence-corrected chi connectivity index (χ2v) is 6.75. The minimum absolute atomic E-state index is 0.108. The van der Waals surface area contributed by atoms with Crippen molar-refractivity contribution in [1.29, 1.82) is 0 Å². The van der Waals surface area contributed by atoms with Crippen molar-refractivity contribution in [2.75, 3.05) is 0 Å². The number of urea groups is 1. The van der Waals surface area contributed by atoms with Crippen LogP contribution < -0.4 is 10.6 Å². The fourth-order valence-corrected chi connectivity index (χ4v) is 3.22. The van der Waals surface area contributed by atoms with E-state index in [1.165, 1.54) is 13.3 Å². The van der Waals surface area contributed by atoms with E-state index in [9.17, 15) is 14.4 Å². The van der Waals surface area contributed by atoms with Crippen molar-refractivity contribution in [2.45, 2.75) is 70.4 Å². The summed E-state index contributed by atoms with van der Waals surface area (Å²) in [4.78, 5) is 36.5. The highest BCUT2D eigenvalue weighted by Gasteiger charge is 2.26. The van der Waals surface area contributed by atoms with Gasteiger partial charge in [-0.05, 0) is 31.7 Å². The molecule has 0 saturated heterocycles. The SMILES string of the molecule is CC[C@H](C(=O)O[C@@H](C)C(=O)NC(=O)NC1CCCCC1)c1ccccc1. The first-order valence-corrected chi connectivity index (χ1v) is 9.38. The van der Waals surface area contributed by atoms with E-state index in [0.717, 1.165) is 31.2 Å². The van der Waals surface area contributed by atoms with E-state index in [1.54, 1.807) is 0 Å². The van der Waals surface area contributed by atoms with Gasteiger partial charge in [0.15, 0.2) is 6.10 Å². The third-order valence-corrected chi connectivity index (χ3v) is 4.73. The molecule has 26 heavy (non-hydrogen) atoms. The molecule has 142 valence electrons. The number of amides is 3. The molecule has 0 unspecified atom stereocenters. The van der Waals surface area contributed by atoms with Gasteiger partial charge in [0.05, 0.1) is 5.92 Å². The number of hydrogen-bond acceptors (Lipinski definition) is 4. The molecule has 1 saturated carbocycles. The van der Waals surface area contributed by atoms with Crippen LogP contribution in [-0.2, 0) is 14.3 Å². The Morgan fingerprint density at radius 3 is 2.38 bits per heavy atom. The molecule has 0 aromatic heterocycles. The normalized spacial score (nSPS) is 17.0. The number of rotatable bonds is 6. The first kappa shape index (κ1) is 19.9. The summed E-state index contributed by atoms with van der Waals surface area (Å²) in [5.41, 5.74) is 0.850. The summed E-state index contributed by atoms with van der Waals surface area (Å²) in [6.07, 6.45) is 4.76. The molecular formula is C20H28N2O4. The summed E-state index contributed by atoms with van der Waals surface area (Å²) in [6, 6.07) is 8.89. The summed E-state index contributed by atoms with van der Waals surface area (Å²) < 4.78 is 5.28. The van der Waals surface area contributed by atoms with Crippen LogP contribution in [0.4, 0.5) is 4.79 Å². The average Bonchev–Trinajstić information content (AvgIpc) is 2.63. The van der Waals surface area contributed by atoms with Crippen molar-refractivity contribution in [3.05, 3.63) is 35.9 Å². The molecule has 2 rings (SSSR count). The topological polar surface area (TPSA) is 84.5 Å². The van der Waals surface area contributed by atoms with Gasteiger partial charge in [-0.25, -0.2) is 4.79 Å². The lowest BCUT2D eigenvalue weighted by molar-refractivity contribution is -0.156. The van der Waals surface area contributed by atoms with E-state index in [0.29, 0.717) is 6.42 Å². The molecule has 1 aromatic carbocycles. The molecule has 0 heterocycles. The zero-order valence-corrected chi connectivity index (χ0v) is 15.5. The van der Waals surface area contributed by atoms with Crippen molar-refractivity contribution in [2.24, 2.45) is 0 Å². The van der Waals surface area contributed by atoms with Crippen LogP contribution in [0.1, 0.15) is 63.9 Å². The molecule has 1 aromatic rings. The number of benzene rings is 1. The summed E-state index contributed by atoms with van der Waals surface area (Å²) in [7, 11) is 0. The van der Waals surface area contributed by atoms with Gasteiger partial charge in [0.25, 0.3) is 5.91 Å². The van der Waals surface area contributed by atoms with E-state index in [4.69, 9.17) is 4.74 Å². The first-order chi connectivity index (χ1) is 12.5. The fourth-order valence-electron chi connectivity index (χ4n) is 3.22. The van der Waals surface area contributed by atoms with Crippen molar-refractivity contribution in [1.82, 2.24) is 10.6 Å². The Bertz CT molecular complexity index is 611. The van der Waals surface area contributed by atoms with E-state index < -0.39 is 29.9 Å². The second kappa shape index (κ2) is 9.94. The molecule has 6 heteroatoms. The van der Waals surface area contributed by atoms with Crippen LogP contribution in [0.5, 0.6) is 0 Å². The number of esters is 1. The highest BCUT2D eigenvalue weighted by Crippen LogP contribution is 2.21. The third-order valence-electron chi connectivity index (χ3n) is 4.73. The van der Waals surface area contributed by atoms with Crippen LogP contribution in [-0.4, -0.2) is 30.1 Å². The molecule has 3 amide bonds. The smallest absolute Gasteiger partial charge is 0.321 e. The Hall–Kier alpha value is -2.37. The minimum Gasteiger partial charge on any atom is -0.452 e. The molecular weight excluding hydrogens is 332 g/mol. The number of carbonyl (C=O) groups is 3. The molecule has 1 aliphatic carbocycles. The van der Waals surface area contributed by atoms with Crippen LogP contribution in [0.15, 0.2) is 30.3 Å². The quantitative estimate of drug-likeness (QED) is 0.763. The Labute approximate surface area is 154 Å². The third kappa shape index (κ3) is 5.86.